The van der Waals surface area contributed by atoms with Crippen molar-refractivity contribution in [3.63, 3.8) is 0 Å². The topological polar surface area (TPSA) is 94.6 Å². The first kappa shape index (κ1) is 21.6. The van der Waals surface area contributed by atoms with Crippen molar-refractivity contribution >= 4 is 29.2 Å². The van der Waals surface area contributed by atoms with Crippen LogP contribution in [0.5, 0.6) is 17.2 Å². The van der Waals surface area contributed by atoms with Crippen LogP contribution in [0.1, 0.15) is 17.0 Å². The summed E-state index contributed by atoms with van der Waals surface area (Å²) in [4.78, 5) is 12.2. The minimum atomic E-state index is -0.591. The molecule has 0 spiro atoms. The first-order valence-electron chi connectivity index (χ1n) is 9.50. The molecule has 2 N–H and O–H groups in total. The SMILES string of the molecule is N#CC1=C(N)Oc2cc(OC(=O)COc3ccc(Cl)cc3)ccc2C1c1ccc(Cl)cc1. The van der Waals surface area contributed by atoms with Crippen molar-refractivity contribution in [2.75, 3.05) is 6.61 Å². The highest BCUT2D eigenvalue weighted by Crippen LogP contribution is 2.43. The number of ether oxygens (including phenoxy) is 3. The highest BCUT2D eigenvalue weighted by molar-refractivity contribution is 6.30. The molecule has 160 valence electrons. The Balaban J connectivity index is 1.53. The molecule has 3 aromatic rings. The number of allylic oxidation sites excluding steroid dienone is 1. The molecule has 1 aliphatic heterocycles. The summed E-state index contributed by atoms with van der Waals surface area (Å²) < 4.78 is 16.4. The zero-order valence-corrected chi connectivity index (χ0v) is 18.1. The van der Waals surface area contributed by atoms with Gasteiger partial charge in [-0.05, 0) is 48.0 Å². The summed E-state index contributed by atoms with van der Waals surface area (Å²) in [5.41, 5.74) is 7.85. The van der Waals surface area contributed by atoms with Crippen molar-refractivity contribution in [2.45, 2.75) is 5.92 Å². The van der Waals surface area contributed by atoms with Gasteiger partial charge in [0.25, 0.3) is 0 Å². The fourth-order valence-corrected chi connectivity index (χ4v) is 3.58. The van der Waals surface area contributed by atoms with E-state index in [-0.39, 0.29) is 18.2 Å². The number of esters is 1. The maximum absolute atomic E-state index is 12.2. The van der Waals surface area contributed by atoms with E-state index < -0.39 is 11.9 Å². The molecule has 4 rings (SSSR count). The maximum Gasteiger partial charge on any atom is 0.349 e. The van der Waals surface area contributed by atoms with Gasteiger partial charge < -0.3 is 19.9 Å². The second-order valence-corrected chi connectivity index (χ2v) is 7.77. The summed E-state index contributed by atoms with van der Waals surface area (Å²) >= 11 is 11.8. The highest BCUT2D eigenvalue weighted by Gasteiger charge is 2.31. The third kappa shape index (κ3) is 4.65. The van der Waals surface area contributed by atoms with Crippen LogP contribution in [-0.2, 0) is 4.79 Å². The summed E-state index contributed by atoms with van der Waals surface area (Å²) in [7, 11) is 0. The molecule has 0 aliphatic carbocycles. The van der Waals surface area contributed by atoms with E-state index in [1.807, 2.05) is 12.1 Å². The van der Waals surface area contributed by atoms with Crippen LogP contribution in [0.3, 0.4) is 0 Å². The zero-order chi connectivity index (χ0) is 22.7. The van der Waals surface area contributed by atoms with Crippen molar-refractivity contribution < 1.29 is 19.0 Å². The molecular weight excluding hydrogens is 451 g/mol. The number of nitriles is 1. The Morgan fingerprint density at radius 3 is 2.28 bits per heavy atom. The molecule has 0 saturated carbocycles. The van der Waals surface area contributed by atoms with Crippen LogP contribution in [0, 0.1) is 11.3 Å². The second kappa shape index (κ2) is 9.23. The molecule has 6 nitrogen and oxygen atoms in total. The number of benzene rings is 3. The molecule has 1 aliphatic rings. The van der Waals surface area contributed by atoms with Crippen molar-refractivity contribution in [3.05, 3.63) is 99.4 Å². The highest BCUT2D eigenvalue weighted by atomic mass is 35.5. The summed E-state index contributed by atoms with van der Waals surface area (Å²) in [5, 5.41) is 10.8. The molecule has 0 bridgehead atoms. The Kier molecular flexibility index (Phi) is 6.22. The van der Waals surface area contributed by atoms with Crippen molar-refractivity contribution in [3.8, 4) is 23.3 Å². The van der Waals surface area contributed by atoms with Crippen LogP contribution in [-0.4, -0.2) is 12.6 Å². The van der Waals surface area contributed by atoms with Gasteiger partial charge in [0.1, 0.15) is 28.9 Å². The number of rotatable bonds is 5. The van der Waals surface area contributed by atoms with Crippen LogP contribution in [0.15, 0.2) is 78.2 Å². The second-order valence-electron chi connectivity index (χ2n) is 6.89. The van der Waals surface area contributed by atoms with Gasteiger partial charge in [-0.15, -0.1) is 0 Å². The van der Waals surface area contributed by atoms with Crippen LogP contribution in [0.4, 0.5) is 0 Å². The number of hydrogen-bond donors (Lipinski definition) is 1. The molecule has 3 aromatic carbocycles. The van der Waals surface area contributed by atoms with Gasteiger partial charge in [-0.25, -0.2) is 4.79 Å². The zero-order valence-electron chi connectivity index (χ0n) is 16.5. The number of halogens is 2. The van der Waals surface area contributed by atoms with Gasteiger partial charge in [-0.2, -0.15) is 5.26 Å². The van der Waals surface area contributed by atoms with Crippen LogP contribution in [0.25, 0.3) is 0 Å². The van der Waals surface area contributed by atoms with Crippen molar-refractivity contribution in [2.24, 2.45) is 5.73 Å². The lowest BCUT2D eigenvalue weighted by molar-refractivity contribution is -0.136. The predicted molar refractivity (Wildman–Crippen MR) is 120 cm³/mol. The quantitative estimate of drug-likeness (QED) is 0.410. The fourth-order valence-electron chi connectivity index (χ4n) is 3.33. The summed E-state index contributed by atoms with van der Waals surface area (Å²) in [6, 6.07) is 20.8. The standard InChI is InChI=1S/C24H16Cl2N2O4/c25-15-3-1-14(2-4-15)23-19-10-9-18(11-21(19)32-24(28)20(23)12-27)31-22(29)13-30-17-7-5-16(26)6-8-17/h1-11,23H,13,28H2. The molecule has 1 unspecified atom stereocenters. The molecule has 0 amide bonds. The molecule has 1 atom stereocenters. The minimum Gasteiger partial charge on any atom is -0.482 e. The lowest BCUT2D eigenvalue weighted by Crippen LogP contribution is -2.21. The first-order valence-corrected chi connectivity index (χ1v) is 10.3. The Hall–Kier alpha value is -3.66. The van der Waals surface area contributed by atoms with E-state index in [0.29, 0.717) is 27.1 Å². The largest absolute Gasteiger partial charge is 0.482 e. The molecule has 0 radical (unpaired) electrons. The average molecular weight is 467 g/mol. The van der Waals surface area contributed by atoms with Gasteiger partial charge in [0, 0.05) is 21.7 Å². The van der Waals surface area contributed by atoms with E-state index >= 15 is 0 Å². The molecule has 1 heterocycles. The molecule has 32 heavy (non-hydrogen) atoms. The lowest BCUT2D eigenvalue weighted by Gasteiger charge is -2.26. The first-order chi connectivity index (χ1) is 15.4. The van der Waals surface area contributed by atoms with Crippen molar-refractivity contribution in [1.82, 2.24) is 0 Å². The van der Waals surface area contributed by atoms with Gasteiger partial charge in [0.05, 0.1) is 5.92 Å². The van der Waals surface area contributed by atoms with E-state index in [4.69, 9.17) is 43.1 Å². The van der Waals surface area contributed by atoms with Gasteiger partial charge in [-0.1, -0.05) is 41.4 Å². The van der Waals surface area contributed by atoms with E-state index in [0.717, 1.165) is 11.1 Å². The molecule has 8 heteroatoms. The van der Waals surface area contributed by atoms with Gasteiger partial charge in [-0.3, -0.25) is 0 Å². The van der Waals surface area contributed by atoms with Crippen LogP contribution >= 0.6 is 23.2 Å². The summed E-state index contributed by atoms with van der Waals surface area (Å²) in [5.74, 6) is 0.120. The number of nitrogens with two attached hydrogens (primary N) is 1. The van der Waals surface area contributed by atoms with Crippen LogP contribution < -0.4 is 19.9 Å². The van der Waals surface area contributed by atoms with Gasteiger partial charge >= 0.3 is 5.97 Å². The molecule has 0 fully saturated rings. The normalized spacial score (nSPS) is 14.7. The monoisotopic (exact) mass is 466 g/mol. The third-order valence-corrected chi connectivity index (χ3v) is 5.30. The maximum atomic E-state index is 12.2. The number of nitrogens with zero attached hydrogens (tertiary/aromatic N) is 1. The Morgan fingerprint density at radius 2 is 1.62 bits per heavy atom. The number of hydrogen-bond acceptors (Lipinski definition) is 6. The third-order valence-electron chi connectivity index (χ3n) is 4.80. The van der Waals surface area contributed by atoms with Gasteiger partial charge in [0.15, 0.2) is 6.61 Å². The van der Waals surface area contributed by atoms with E-state index in [1.165, 1.54) is 0 Å². The minimum absolute atomic E-state index is 0.00509. The Morgan fingerprint density at radius 1 is 1.00 bits per heavy atom. The smallest absolute Gasteiger partial charge is 0.349 e. The van der Waals surface area contributed by atoms with Crippen molar-refractivity contribution in [1.29, 1.82) is 5.26 Å². The van der Waals surface area contributed by atoms with Crippen LogP contribution in [0.2, 0.25) is 10.0 Å². The fraction of sp³-hybridized carbons (Fsp3) is 0.0833. The molecule has 0 aromatic heterocycles. The predicted octanol–water partition coefficient (Wildman–Crippen LogP) is 5.20. The van der Waals surface area contributed by atoms with E-state index in [9.17, 15) is 10.1 Å². The summed E-state index contributed by atoms with van der Waals surface area (Å²) in [6.07, 6.45) is 0. The van der Waals surface area contributed by atoms with Gasteiger partial charge in [0.2, 0.25) is 5.88 Å². The summed E-state index contributed by atoms with van der Waals surface area (Å²) in [6.45, 7) is -0.284. The molecule has 0 saturated heterocycles. The Bertz CT molecular complexity index is 1230. The lowest BCUT2D eigenvalue weighted by atomic mass is 9.83. The number of carbonyl (C=O) groups excluding carboxylic acids is 1. The van der Waals surface area contributed by atoms with E-state index in [1.54, 1.807) is 54.6 Å². The number of carbonyl (C=O) groups is 1. The van der Waals surface area contributed by atoms with E-state index in [2.05, 4.69) is 6.07 Å². The number of fused-ring (bicyclic) bond motifs is 1. The Labute approximate surface area is 194 Å². The molecular formula is C24H16Cl2N2O4. The average Bonchev–Trinajstić information content (AvgIpc) is 2.78.